The second-order valence-electron chi connectivity index (χ2n) is 5.69. The Balaban J connectivity index is 1.63. The van der Waals surface area contributed by atoms with Gasteiger partial charge in [0.1, 0.15) is 12.4 Å². The monoisotopic (exact) mass is 305 g/mol. The molecule has 0 saturated carbocycles. The number of nitrogens with zero attached hydrogens (tertiary/aromatic N) is 1. The molecule has 1 amide bonds. The third-order valence-corrected chi connectivity index (χ3v) is 4.08. The van der Waals surface area contributed by atoms with E-state index in [0.29, 0.717) is 32.7 Å². The molecular formula is C16H19NO5. The van der Waals surface area contributed by atoms with Crippen molar-refractivity contribution in [2.45, 2.75) is 18.9 Å². The fourth-order valence-electron chi connectivity index (χ4n) is 2.98. The first-order valence-corrected chi connectivity index (χ1v) is 7.46. The SMILES string of the molecule is O=C(O)C[C@@H]1CN(C(=O)[C@@H]2COc3ccccc3C2)CCO1. The quantitative estimate of drug-likeness (QED) is 0.899. The van der Waals surface area contributed by atoms with Crippen LogP contribution >= 0.6 is 0 Å². The van der Waals surface area contributed by atoms with Gasteiger partial charge in [0, 0.05) is 13.1 Å². The molecule has 0 aliphatic carbocycles. The number of fused-ring (bicyclic) bond motifs is 1. The van der Waals surface area contributed by atoms with Crippen molar-refractivity contribution in [2.75, 3.05) is 26.3 Å². The molecular weight excluding hydrogens is 286 g/mol. The van der Waals surface area contributed by atoms with Crippen LogP contribution in [0, 0.1) is 5.92 Å². The van der Waals surface area contributed by atoms with E-state index in [9.17, 15) is 9.59 Å². The second kappa shape index (κ2) is 6.36. The molecule has 1 aromatic carbocycles. The van der Waals surface area contributed by atoms with Crippen molar-refractivity contribution in [2.24, 2.45) is 5.92 Å². The van der Waals surface area contributed by atoms with Gasteiger partial charge in [-0.25, -0.2) is 0 Å². The summed E-state index contributed by atoms with van der Waals surface area (Å²) in [5.74, 6) is -0.252. The van der Waals surface area contributed by atoms with E-state index in [0.717, 1.165) is 11.3 Å². The third kappa shape index (κ3) is 3.22. The van der Waals surface area contributed by atoms with E-state index in [1.54, 1.807) is 4.90 Å². The lowest BCUT2D eigenvalue weighted by molar-refractivity contribution is -0.150. The average molecular weight is 305 g/mol. The number of para-hydroxylation sites is 1. The standard InChI is InChI=1S/C16H19NO5/c18-15(19)8-13-9-17(5-6-21-13)16(20)12-7-11-3-1-2-4-14(11)22-10-12/h1-4,12-13H,5-10H2,(H,18,19)/t12-,13+/m0/s1. The molecule has 2 atom stereocenters. The average Bonchev–Trinajstić information content (AvgIpc) is 2.53. The van der Waals surface area contributed by atoms with Gasteiger partial charge in [0.15, 0.2) is 0 Å². The Morgan fingerprint density at radius 2 is 2.14 bits per heavy atom. The number of carbonyl (C=O) groups excluding carboxylic acids is 1. The van der Waals surface area contributed by atoms with Crippen molar-refractivity contribution in [3.05, 3.63) is 29.8 Å². The number of amides is 1. The Morgan fingerprint density at radius 1 is 1.32 bits per heavy atom. The number of rotatable bonds is 3. The van der Waals surface area contributed by atoms with Gasteiger partial charge in [-0.15, -0.1) is 0 Å². The normalized spacial score (nSPS) is 24.3. The highest BCUT2D eigenvalue weighted by atomic mass is 16.5. The van der Waals surface area contributed by atoms with E-state index in [4.69, 9.17) is 14.6 Å². The number of morpholine rings is 1. The molecule has 6 nitrogen and oxygen atoms in total. The molecule has 0 spiro atoms. The smallest absolute Gasteiger partial charge is 0.306 e. The van der Waals surface area contributed by atoms with Crippen molar-refractivity contribution in [3.63, 3.8) is 0 Å². The molecule has 1 aromatic rings. The lowest BCUT2D eigenvalue weighted by Gasteiger charge is -2.35. The minimum atomic E-state index is -0.908. The molecule has 0 aromatic heterocycles. The highest BCUT2D eigenvalue weighted by molar-refractivity contribution is 5.80. The number of hydrogen-bond donors (Lipinski definition) is 1. The van der Waals surface area contributed by atoms with E-state index in [1.165, 1.54) is 0 Å². The summed E-state index contributed by atoms with van der Waals surface area (Å²) in [6.45, 7) is 1.60. The molecule has 6 heteroatoms. The number of ether oxygens (including phenoxy) is 2. The maximum atomic E-state index is 12.6. The molecule has 0 radical (unpaired) electrons. The highest BCUT2D eigenvalue weighted by Gasteiger charge is 2.33. The molecule has 22 heavy (non-hydrogen) atoms. The van der Waals surface area contributed by atoms with Gasteiger partial charge in [-0.3, -0.25) is 9.59 Å². The third-order valence-electron chi connectivity index (χ3n) is 4.08. The topological polar surface area (TPSA) is 76.1 Å². The molecule has 118 valence electrons. The molecule has 3 rings (SSSR count). The number of carboxylic acid groups (broad SMARTS) is 1. The van der Waals surface area contributed by atoms with Gasteiger partial charge in [0.25, 0.3) is 0 Å². The number of carboxylic acids is 1. The summed E-state index contributed by atoms with van der Waals surface area (Å²) in [7, 11) is 0. The second-order valence-corrected chi connectivity index (χ2v) is 5.69. The number of benzene rings is 1. The van der Waals surface area contributed by atoms with E-state index in [-0.39, 0.29) is 18.2 Å². The summed E-state index contributed by atoms with van der Waals surface area (Å²) >= 11 is 0. The van der Waals surface area contributed by atoms with Crippen molar-refractivity contribution < 1.29 is 24.2 Å². The minimum absolute atomic E-state index is 0.0215. The summed E-state index contributed by atoms with van der Waals surface area (Å²) in [5, 5.41) is 8.85. The Morgan fingerprint density at radius 3 is 2.95 bits per heavy atom. The van der Waals surface area contributed by atoms with Crippen LogP contribution in [0.15, 0.2) is 24.3 Å². The Labute approximate surface area is 128 Å². The summed E-state index contributed by atoms with van der Waals surface area (Å²) in [6.07, 6.45) is 0.163. The van der Waals surface area contributed by atoms with Gasteiger partial charge in [-0.1, -0.05) is 18.2 Å². The highest BCUT2D eigenvalue weighted by Crippen LogP contribution is 2.28. The fourth-order valence-corrected chi connectivity index (χ4v) is 2.98. The van der Waals surface area contributed by atoms with Crippen LogP contribution in [0.3, 0.4) is 0 Å². The molecule has 2 aliphatic heterocycles. The lowest BCUT2D eigenvalue weighted by Crippen LogP contribution is -2.50. The first-order chi connectivity index (χ1) is 10.6. The van der Waals surface area contributed by atoms with Gasteiger partial charge in [0.2, 0.25) is 5.91 Å². The summed E-state index contributed by atoms with van der Waals surface area (Å²) < 4.78 is 11.1. The fraction of sp³-hybridized carbons (Fsp3) is 0.500. The molecule has 2 aliphatic rings. The number of aliphatic carboxylic acids is 1. The first kappa shape index (κ1) is 14.8. The van der Waals surface area contributed by atoms with E-state index < -0.39 is 12.1 Å². The Bertz CT molecular complexity index is 573. The first-order valence-electron chi connectivity index (χ1n) is 7.46. The lowest BCUT2D eigenvalue weighted by atomic mass is 9.95. The molecule has 0 unspecified atom stereocenters. The maximum absolute atomic E-state index is 12.6. The molecule has 2 heterocycles. The van der Waals surface area contributed by atoms with Gasteiger partial charge < -0.3 is 19.5 Å². The predicted molar refractivity (Wildman–Crippen MR) is 77.7 cm³/mol. The predicted octanol–water partition coefficient (Wildman–Crippen LogP) is 0.940. The van der Waals surface area contributed by atoms with Crippen molar-refractivity contribution in [3.8, 4) is 5.75 Å². The Kier molecular flexibility index (Phi) is 4.29. The van der Waals surface area contributed by atoms with E-state index in [1.807, 2.05) is 24.3 Å². The Hall–Kier alpha value is -2.08. The minimum Gasteiger partial charge on any atom is -0.492 e. The number of carbonyl (C=O) groups is 2. The van der Waals surface area contributed by atoms with Crippen molar-refractivity contribution >= 4 is 11.9 Å². The van der Waals surface area contributed by atoms with Crippen LogP contribution in [0.1, 0.15) is 12.0 Å². The molecule has 1 fully saturated rings. The van der Waals surface area contributed by atoms with Crippen LogP contribution in [-0.2, 0) is 20.7 Å². The summed E-state index contributed by atoms with van der Waals surface area (Å²) in [5.41, 5.74) is 1.04. The summed E-state index contributed by atoms with van der Waals surface area (Å²) in [6, 6.07) is 7.74. The van der Waals surface area contributed by atoms with Gasteiger partial charge in [-0.2, -0.15) is 0 Å². The van der Waals surface area contributed by atoms with Crippen LogP contribution in [0.2, 0.25) is 0 Å². The zero-order valence-corrected chi connectivity index (χ0v) is 12.2. The van der Waals surface area contributed by atoms with E-state index >= 15 is 0 Å². The van der Waals surface area contributed by atoms with Crippen molar-refractivity contribution in [1.29, 1.82) is 0 Å². The van der Waals surface area contributed by atoms with Crippen molar-refractivity contribution in [1.82, 2.24) is 4.90 Å². The van der Waals surface area contributed by atoms with Gasteiger partial charge in [0.05, 0.1) is 25.0 Å². The van der Waals surface area contributed by atoms with Gasteiger partial charge in [-0.05, 0) is 18.1 Å². The maximum Gasteiger partial charge on any atom is 0.306 e. The molecule has 1 N–H and O–H groups in total. The molecule has 1 saturated heterocycles. The zero-order valence-electron chi connectivity index (χ0n) is 12.2. The largest absolute Gasteiger partial charge is 0.492 e. The van der Waals surface area contributed by atoms with Crippen LogP contribution in [0.5, 0.6) is 5.75 Å². The van der Waals surface area contributed by atoms with Crippen LogP contribution in [0.4, 0.5) is 0 Å². The van der Waals surface area contributed by atoms with E-state index in [2.05, 4.69) is 0 Å². The zero-order chi connectivity index (χ0) is 15.5. The van der Waals surface area contributed by atoms with Gasteiger partial charge >= 0.3 is 5.97 Å². The van der Waals surface area contributed by atoms with Crippen LogP contribution < -0.4 is 4.74 Å². The summed E-state index contributed by atoms with van der Waals surface area (Å²) in [4.78, 5) is 25.1. The number of hydrogen-bond acceptors (Lipinski definition) is 4. The van der Waals surface area contributed by atoms with Crippen LogP contribution in [-0.4, -0.2) is 54.3 Å². The van der Waals surface area contributed by atoms with Crippen LogP contribution in [0.25, 0.3) is 0 Å². The molecule has 0 bridgehead atoms.